The lowest BCUT2D eigenvalue weighted by molar-refractivity contribution is -0.156. The van der Waals surface area contributed by atoms with Gasteiger partial charge < -0.3 is 4.74 Å². The topological polar surface area (TPSA) is 43.4 Å². The van der Waals surface area contributed by atoms with Crippen LogP contribution in [0.1, 0.15) is 85.0 Å². The van der Waals surface area contributed by atoms with Crippen LogP contribution in [0.4, 0.5) is 0 Å². The molecule has 0 heterocycles. The van der Waals surface area contributed by atoms with E-state index in [1.165, 1.54) is 52.1 Å². The monoisotopic (exact) mass is 514 g/mol. The van der Waals surface area contributed by atoms with Crippen molar-refractivity contribution in [3.05, 3.63) is 0 Å². The molecule has 164 valence electrons. The fourth-order valence-electron chi connectivity index (χ4n) is 8.50. The van der Waals surface area contributed by atoms with Crippen molar-refractivity contribution in [2.45, 2.75) is 88.9 Å². The molecule has 0 aromatic heterocycles. The van der Waals surface area contributed by atoms with E-state index in [0.29, 0.717) is 53.1 Å². The summed E-state index contributed by atoms with van der Waals surface area (Å²) in [5, 5.41) is 0. The highest BCUT2D eigenvalue weighted by molar-refractivity contribution is 14.1. The number of alkyl halides is 1. The summed E-state index contributed by atoms with van der Waals surface area (Å²) < 4.78 is 5.62. The van der Waals surface area contributed by atoms with Crippen LogP contribution in [0, 0.1) is 46.3 Å². The maximum absolute atomic E-state index is 13.5. The van der Waals surface area contributed by atoms with Crippen LogP contribution in [-0.4, -0.2) is 22.8 Å². The highest BCUT2D eigenvalue weighted by Gasteiger charge is 2.62. The van der Waals surface area contributed by atoms with Crippen molar-refractivity contribution in [1.82, 2.24) is 0 Å². The summed E-state index contributed by atoms with van der Waals surface area (Å²) in [5.74, 6) is 3.77. The van der Waals surface area contributed by atoms with E-state index in [4.69, 9.17) is 4.74 Å². The summed E-state index contributed by atoms with van der Waals surface area (Å²) in [5.41, 5.74) is 0.659. The largest absolute Gasteiger partial charge is 0.469 e. The summed E-state index contributed by atoms with van der Waals surface area (Å²) in [4.78, 5) is 25.1. The molecule has 0 saturated heterocycles. The van der Waals surface area contributed by atoms with Crippen molar-refractivity contribution >= 4 is 34.3 Å². The smallest absolute Gasteiger partial charge is 0.305 e. The minimum atomic E-state index is -0.0902. The molecule has 0 aliphatic heterocycles. The Morgan fingerprint density at radius 2 is 1.83 bits per heavy atom. The van der Waals surface area contributed by atoms with Crippen LogP contribution >= 0.6 is 22.6 Å². The maximum atomic E-state index is 13.5. The average Bonchev–Trinajstić information content (AvgIpc) is 3.04. The second-order valence-electron chi connectivity index (χ2n) is 11.3. The maximum Gasteiger partial charge on any atom is 0.305 e. The molecule has 0 N–H and O–H groups in total. The van der Waals surface area contributed by atoms with Gasteiger partial charge >= 0.3 is 5.97 Å². The number of fused-ring (bicyclic) bond motifs is 5. The van der Waals surface area contributed by atoms with E-state index >= 15 is 0 Å². The number of carbonyl (C=O) groups is 2. The van der Waals surface area contributed by atoms with Crippen LogP contribution in [-0.2, 0) is 14.3 Å². The molecule has 3 nitrogen and oxygen atoms in total. The Bertz CT molecular complexity index is 662. The zero-order valence-corrected chi connectivity index (χ0v) is 20.9. The van der Waals surface area contributed by atoms with Crippen LogP contribution in [0.3, 0.4) is 0 Å². The van der Waals surface area contributed by atoms with Gasteiger partial charge in [-0.2, -0.15) is 0 Å². The number of Topliss-reactive ketones (excluding diaryl/α,β-unsaturated/α-hetero) is 1. The van der Waals surface area contributed by atoms with Crippen molar-refractivity contribution in [3.63, 3.8) is 0 Å². The summed E-state index contributed by atoms with van der Waals surface area (Å²) in [6, 6.07) is 0. The predicted octanol–water partition coefficient (Wildman–Crippen LogP) is 6.22. The molecule has 0 amide bonds. The van der Waals surface area contributed by atoms with Gasteiger partial charge in [0.2, 0.25) is 0 Å². The zero-order chi connectivity index (χ0) is 21.0. The van der Waals surface area contributed by atoms with Gasteiger partial charge in [-0.15, -0.1) is 0 Å². The lowest BCUT2D eigenvalue weighted by atomic mass is 9.44. The van der Waals surface area contributed by atoms with E-state index in [2.05, 4.69) is 43.4 Å². The summed E-state index contributed by atoms with van der Waals surface area (Å²) in [6.45, 7) is 7.36. The first-order chi connectivity index (χ1) is 13.7. The van der Waals surface area contributed by atoms with Gasteiger partial charge in [-0.25, -0.2) is 0 Å². The van der Waals surface area contributed by atoms with Gasteiger partial charge in [0.25, 0.3) is 0 Å². The number of hydrogen-bond donors (Lipinski definition) is 0. The average molecular weight is 514 g/mol. The standard InChI is InChI=1S/C25H39IO3/c1-15(5-8-22(28)29-4)18-6-7-19-23-20(10-12-25(18,19)3)24(2)11-9-17(26)13-16(24)14-21(23)27/h15-20,23H,5-14H2,1-4H3/t15-,16?,17-,18?,19?,20?,23?,24+,25-/m1/s1. The quantitative estimate of drug-likeness (QED) is 0.254. The first-order valence-electron chi connectivity index (χ1n) is 11.9. The molecule has 4 fully saturated rings. The third-order valence-electron chi connectivity index (χ3n) is 10.2. The molecule has 4 aliphatic rings. The Kier molecular flexibility index (Phi) is 6.16. The first-order valence-corrected chi connectivity index (χ1v) is 13.2. The second kappa shape index (κ2) is 8.09. The van der Waals surface area contributed by atoms with Gasteiger partial charge in [0.15, 0.2) is 0 Å². The van der Waals surface area contributed by atoms with E-state index in [1.807, 2.05) is 0 Å². The molecule has 9 atom stereocenters. The molecule has 0 aromatic rings. The molecule has 4 heteroatoms. The highest BCUT2D eigenvalue weighted by Crippen LogP contribution is 2.67. The number of esters is 1. The molecular formula is C25H39IO3. The summed E-state index contributed by atoms with van der Waals surface area (Å²) >= 11 is 2.61. The molecule has 0 radical (unpaired) electrons. The van der Waals surface area contributed by atoms with Crippen molar-refractivity contribution in [3.8, 4) is 0 Å². The van der Waals surface area contributed by atoms with Gasteiger partial charge in [0.1, 0.15) is 5.78 Å². The number of rotatable bonds is 4. The fourth-order valence-corrected chi connectivity index (χ4v) is 9.43. The molecule has 4 saturated carbocycles. The van der Waals surface area contributed by atoms with E-state index in [-0.39, 0.29) is 11.4 Å². The van der Waals surface area contributed by atoms with Crippen LogP contribution in [0.15, 0.2) is 0 Å². The van der Waals surface area contributed by atoms with Gasteiger partial charge in [-0.3, -0.25) is 9.59 Å². The normalized spacial score (nSPS) is 47.7. The lowest BCUT2D eigenvalue weighted by Gasteiger charge is -2.60. The second-order valence-corrected chi connectivity index (χ2v) is 13.1. The minimum absolute atomic E-state index is 0.0902. The van der Waals surface area contributed by atoms with Crippen LogP contribution in [0.25, 0.3) is 0 Å². The molecule has 0 bridgehead atoms. The number of methoxy groups -OCH3 is 1. The van der Waals surface area contributed by atoms with E-state index in [1.54, 1.807) is 0 Å². The fraction of sp³-hybridized carbons (Fsp3) is 0.920. The third-order valence-corrected chi connectivity index (χ3v) is 11.3. The summed E-state index contributed by atoms with van der Waals surface area (Å²) in [6.07, 6.45) is 11.1. The molecule has 4 rings (SSSR count). The van der Waals surface area contributed by atoms with Crippen LogP contribution in [0.5, 0.6) is 0 Å². The summed E-state index contributed by atoms with van der Waals surface area (Å²) in [7, 11) is 1.48. The van der Waals surface area contributed by atoms with Crippen molar-refractivity contribution in [2.75, 3.05) is 7.11 Å². The Balaban J connectivity index is 1.53. The SMILES string of the molecule is COC(=O)CC[C@@H](C)C1CCC2C3C(=O)CC4C[C@H](I)CC[C@]4(C)C3CC[C@@]21C. The molecular weight excluding hydrogens is 475 g/mol. The molecule has 0 aromatic carbocycles. The van der Waals surface area contributed by atoms with Gasteiger partial charge in [0.05, 0.1) is 7.11 Å². The Morgan fingerprint density at radius 1 is 1.14 bits per heavy atom. The number of halogens is 1. The van der Waals surface area contributed by atoms with Crippen molar-refractivity contribution in [2.24, 2.45) is 46.3 Å². The third kappa shape index (κ3) is 3.61. The van der Waals surface area contributed by atoms with Crippen molar-refractivity contribution < 1.29 is 14.3 Å². The predicted molar refractivity (Wildman–Crippen MR) is 124 cm³/mol. The van der Waals surface area contributed by atoms with Gasteiger partial charge in [-0.05, 0) is 91.8 Å². The number of ether oxygens (including phenoxy) is 1. The number of hydrogen-bond acceptors (Lipinski definition) is 3. The number of carbonyl (C=O) groups excluding carboxylic acids is 2. The van der Waals surface area contributed by atoms with Gasteiger partial charge in [0, 0.05) is 22.7 Å². The molecule has 4 aliphatic carbocycles. The molecule has 5 unspecified atom stereocenters. The van der Waals surface area contributed by atoms with E-state index in [0.717, 1.165) is 16.8 Å². The minimum Gasteiger partial charge on any atom is -0.469 e. The van der Waals surface area contributed by atoms with Crippen LogP contribution in [0.2, 0.25) is 0 Å². The van der Waals surface area contributed by atoms with Crippen LogP contribution < -0.4 is 0 Å². The lowest BCUT2D eigenvalue weighted by Crippen LogP contribution is -2.57. The molecule has 29 heavy (non-hydrogen) atoms. The zero-order valence-electron chi connectivity index (χ0n) is 18.7. The Labute approximate surface area is 190 Å². The van der Waals surface area contributed by atoms with Crippen molar-refractivity contribution in [1.29, 1.82) is 0 Å². The first kappa shape index (κ1) is 22.1. The Hall–Kier alpha value is -0.130. The van der Waals surface area contributed by atoms with E-state index < -0.39 is 0 Å². The molecule has 0 spiro atoms. The Morgan fingerprint density at radius 3 is 2.55 bits per heavy atom. The number of ketones is 1. The van der Waals surface area contributed by atoms with E-state index in [9.17, 15) is 9.59 Å². The van der Waals surface area contributed by atoms with Gasteiger partial charge in [-0.1, -0.05) is 43.4 Å². The highest BCUT2D eigenvalue weighted by atomic mass is 127.